The van der Waals surface area contributed by atoms with Gasteiger partial charge in [0.1, 0.15) is 12.4 Å². The van der Waals surface area contributed by atoms with Crippen LogP contribution in [0.15, 0.2) is 42.5 Å². The number of benzene rings is 2. The largest absolute Gasteiger partial charge is 0.481 e. The lowest BCUT2D eigenvalue weighted by Crippen LogP contribution is -2.49. The Kier molecular flexibility index (Phi) is 7.65. The maximum Gasteiger partial charge on any atom is 0.418 e. The van der Waals surface area contributed by atoms with E-state index < -0.39 is 59.8 Å². The molecule has 5 amide bonds. The first-order chi connectivity index (χ1) is 19.6. The van der Waals surface area contributed by atoms with Crippen molar-refractivity contribution >= 4 is 35.6 Å². The SMILES string of the molecule is CNC(=O)Nc1ccc2c(c1)CC[C@@]21OC(=O)N(CC(=O)N(Cc2ccc(F)cc2)[C@H]2CCC[C@@H](C(=O)O)C2)C1=O. The summed E-state index contributed by atoms with van der Waals surface area (Å²) in [5.41, 5.74) is 0.850. The molecule has 12 heteroatoms. The number of aliphatic carboxylic acids is 1. The Hall–Kier alpha value is -4.48. The fraction of sp³-hybridized carbons (Fsp3) is 0.414. The van der Waals surface area contributed by atoms with E-state index >= 15 is 0 Å². The number of nitrogens with zero attached hydrogens (tertiary/aromatic N) is 2. The first kappa shape index (κ1) is 28.1. The van der Waals surface area contributed by atoms with E-state index in [2.05, 4.69) is 10.6 Å². The maximum absolute atomic E-state index is 13.7. The standard InChI is InChI=1S/C29H31FN4O7/c1-31-27(39)32-21-9-10-23-18(13-21)11-12-29(23)26(38)34(28(40)41-29)16-24(35)33(15-17-5-7-20(30)8-6-17)22-4-2-3-19(14-22)25(36)37/h5-10,13,19,22H,2-4,11-12,14-16H2,1H3,(H,36,37)(H2,31,32,39)/t19-,22+,29-/m1/s1. The van der Waals surface area contributed by atoms with Crippen LogP contribution in [-0.2, 0) is 37.7 Å². The van der Waals surface area contributed by atoms with Gasteiger partial charge in [0.05, 0.1) is 5.92 Å². The Bertz CT molecular complexity index is 1400. The number of carbonyl (C=O) groups excluding carboxylic acids is 4. The smallest absolute Gasteiger partial charge is 0.418 e. The molecule has 0 unspecified atom stereocenters. The summed E-state index contributed by atoms with van der Waals surface area (Å²) in [5.74, 6) is -3.15. The monoisotopic (exact) mass is 566 g/mol. The highest BCUT2D eigenvalue weighted by Crippen LogP contribution is 2.46. The number of amides is 5. The van der Waals surface area contributed by atoms with Gasteiger partial charge in [-0.3, -0.25) is 14.4 Å². The normalized spacial score (nSPS) is 23.2. The van der Waals surface area contributed by atoms with Crippen molar-refractivity contribution in [3.05, 3.63) is 65.0 Å². The Balaban J connectivity index is 1.37. The van der Waals surface area contributed by atoms with Gasteiger partial charge < -0.3 is 25.4 Å². The van der Waals surface area contributed by atoms with Crippen LogP contribution in [0, 0.1) is 11.7 Å². The molecule has 0 radical (unpaired) electrons. The number of hydrogen-bond acceptors (Lipinski definition) is 6. The second-order valence-electron chi connectivity index (χ2n) is 10.7. The number of nitrogens with one attached hydrogen (secondary N) is 2. The van der Waals surface area contributed by atoms with E-state index in [0.717, 1.165) is 10.5 Å². The number of hydrogen-bond donors (Lipinski definition) is 3. The van der Waals surface area contributed by atoms with E-state index in [4.69, 9.17) is 4.74 Å². The van der Waals surface area contributed by atoms with Crippen molar-refractivity contribution in [3.63, 3.8) is 0 Å². The van der Waals surface area contributed by atoms with Crippen LogP contribution in [0.25, 0.3) is 0 Å². The second-order valence-corrected chi connectivity index (χ2v) is 10.7. The third-order valence-electron chi connectivity index (χ3n) is 8.16. The zero-order valence-electron chi connectivity index (χ0n) is 22.5. The van der Waals surface area contributed by atoms with Gasteiger partial charge in [-0.1, -0.05) is 24.6 Å². The predicted molar refractivity (Wildman–Crippen MR) is 143 cm³/mol. The molecule has 3 N–H and O–H groups in total. The van der Waals surface area contributed by atoms with Crippen molar-refractivity contribution in [3.8, 4) is 0 Å². The Morgan fingerprint density at radius 1 is 1.15 bits per heavy atom. The van der Waals surface area contributed by atoms with Gasteiger partial charge in [-0.2, -0.15) is 0 Å². The first-order valence-electron chi connectivity index (χ1n) is 13.5. The minimum Gasteiger partial charge on any atom is -0.481 e. The highest BCUT2D eigenvalue weighted by atomic mass is 19.1. The molecular weight excluding hydrogens is 535 g/mol. The molecule has 5 rings (SSSR count). The molecule has 1 aliphatic heterocycles. The summed E-state index contributed by atoms with van der Waals surface area (Å²) in [7, 11) is 1.49. The minimum absolute atomic E-state index is 0.0717. The topological polar surface area (TPSA) is 145 Å². The van der Waals surface area contributed by atoms with Gasteiger partial charge in [0.15, 0.2) is 0 Å². The number of ether oxygens (including phenoxy) is 1. The summed E-state index contributed by atoms with van der Waals surface area (Å²) in [5, 5.41) is 14.7. The lowest BCUT2D eigenvalue weighted by molar-refractivity contribution is -0.147. The molecule has 1 spiro atoms. The first-order valence-corrected chi connectivity index (χ1v) is 13.5. The summed E-state index contributed by atoms with van der Waals surface area (Å²) < 4.78 is 19.2. The van der Waals surface area contributed by atoms with Crippen LogP contribution in [0.5, 0.6) is 0 Å². The number of fused-ring (bicyclic) bond motifs is 2. The molecule has 1 heterocycles. The number of carboxylic acids is 1. The summed E-state index contributed by atoms with van der Waals surface area (Å²) in [6, 6.07) is 9.78. The number of aryl methyl sites for hydroxylation is 1. The summed E-state index contributed by atoms with van der Waals surface area (Å²) in [4.78, 5) is 66.1. The van der Waals surface area contributed by atoms with Crippen LogP contribution in [0.2, 0.25) is 0 Å². The van der Waals surface area contributed by atoms with Crippen molar-refractivity contribution in [2.75, 3.05) is 18.9 Å². The molecule has 11 nitrogen and oxygen atoms in total. The Morgan fingerprint density at radius 3 is 2.61 bits per heavy atom. The van der Waals surface area contributed by atoms with Gasteiger partial charge in [-0.25, -0.2) is 18.9 Å². The van der Waals surface area contributed by atoms with E-state index in [1.165, 1.54) is 24.1 Å². The van der Waals surface area contributed by atoms with E-state index in [1.807, 2.05) is 0 Å². The number of anilines is 1. The summed E-state index contributed by atoms with van der Waals surface area (Å²) in [6.07, 6.45) is 1.61. The van der Waals surface area contributed by atoms with Crippen molar-refractivity contribution in [2.24, 2.45) is 5.92 Å². The van der Waals surface area contributed by atoms with E-state index in [9.17, 15) is 33.5 Å². The molecule has 0 aromatic heterocycles. The molecular formula is C29H31FN4O7. The van der Waals surface area contributed by atoms with Gasteiger partial charge in [0, 0.05) is 37.3 Å². The molecule has 1 saturated heterocycles. The molecule has 2 fully saturated rings. The van der Waals surface area contributed by atoms with Crippen molar-refractivity contribution in [1.82, 2.24) is 15.1 Å². The lowest BCUT2D eigenvalue weighted by Gasteiger charge is -2.37. The summed E-state index contributed by atoms with van der Waals surface area (Å²) >= 11 is 0. The molecule has 41 heavy (non-hydrogen) atoms. The molecule has 1 saturated carbocycles. The quantitative estimate of drug-likeness (QED) is 0.466. The zero-order valence-corrected chi connectivity index (χ0v) is 22.5. The highest BCUT2D eigenvalue weighted by molar-refractivity contribution is 6.06. The average Bonchev–Trinajstić information content (AvgIpc) is 3.44. The van der Waals surface area contributed by atoms with Crippen LogP contribution in [0.3, 0.4) is 0 Å². The lowest BCUT2D eigenvalue weighted by atomic mass is 9.84. The van der Waals surface area contributed by atoms with Crippen LogP contribution in [0.4, 0.5) is 19.7 Å². The Labute approximate surface area is 235 Å². The third kappa shape index (κ3) is 5.46. The number of rotatable bonds is 7. The van der Waals surface area contributed by atoms with Gasteiger partial charge in [0.25, 0.3) is 5.91 Å². The molecule has 2 aromatic carbocycles. The average molecular weight is 567 g/mol. The van der Waals surface area contributed by atoms with E-state index in [0.29, 0.717) is 42.5 Å². The van der Waals surface area contributed by atoms with Crippen LogP contribution >= 0.6 is 0 Å². The number of halogens is 1. The van der Waals surface area contributed by atoms with Gasteiger partial charge in [0.2, 0.25) is 11.5 Å². The fourth-order valence-corrected chi connectivity index (χ4v) is 6.03. The molecule has 2 aromatic rings. The third-order valence-corrected chi connectivity index (χ3v) is 8.16. The Morgan fingerprint density at radius 2 is 1.90 bits per heavy atom. The maximum atomic E-state index is 13.7. The van der Waals surface area contributed by atoms with E-state index in [1.54, 1.807) is 30.3 Å². The predicted octanol–water partition coefficient (Wildman–Crippen LogP) is 3.37. The number of carboxylic acid groups (broad SMARTS) is 1. The van der Waals surface area contributed by atoms with Crippen molar-refractivity contribution in [1.29, 1.82) is 0 Å². The van der Waals surface area contributed by atoms with Crippen LogP contribution < -0.4 is 10.6 Å². The van der Waals surface area contributed by atoms with Crippen molar-refractivity contribution in [2.45, 2.75) is 56.7 Å². The molecule has 0 bridgehead atoms. The van der Waals surface area contributed by atoms with Gasteiger partial charge in [-0.05, 0) is 61.1 Å². The van der Waals surface area contributed by atoms with Gasteiger partial charge in [-0.15, -0.1) is 0 Å². The van der Waals surface area contributed by atoms with Crippen LogP contribution in [0.1, 0.15) is 48.8 Å². The molecule has 216 valence electrons. The van der Waals surface area contributed by atoms with Crippen molar-refractivity contribution < 1.29 is 38.2 Å². The second kappa shape index (κ2) is 11.2. The number of carbonyl (C=O) groups is 5. The molecule has 3 atom stereocenters. The molecule has 2 aliphatic carbocycles. The summed E-state index contributed by atoms with van der Waals surface area (Å²) in [6.45, 7) is -0.497. The van der Waals surface area contributed by atoms with E-state index in [-0.39, 0.29) is 19.4 Å². The number of imide groups is 1. The fourth-order valence-electron chi connectivity index (χ4n) is 6.03. The minimum atomic E-state index is -1.56. The molecule has 3 aliphatic rings. The highest BCUT2D eigenvalue weighted by Gasteiger charge is 2.58. The van der Waals surface area contributed by atoms with Gasteiger partial charge >= 0.3 is 18.1 Å². The zero-order chi connectivity index (χ0) is 29.3. The number of urea groups is 1. The van der Waals surface area contributed by atoms with Crippen LogP contribution in [-0.4, -0.2) is 64.4 Å².